The Balaban J connectivity index is 1.55. The Hall–Kier alpha value is -2.21. The lowest BCUT2D eigenvalue weighted by Gasteiger charge is -2.35. The van der Waals surface area contributed by atoms with E-state index in [1.165, 1.54) is 16.7 Å². The summed E-state index contributed by atoms with van der Waals surface area (Å²) < 4.78 is 5.85. The topological polar surface area (TPSA) is 53.6 Å². The summed E-state index contributed by atoms with van der Waals surface area (Å²) in [6.07, 6.45) is 0.568. The highest BCUT2D eigenvalue weighted by atomic mass is 16.5. The smallest absolute Gasteiger partial charge is 0.251 e. The molecule has 2 atom stereocenters. The van der Waals surface area contributed by atoms with Gasteiger partial charge in [-0.1, -0.05) is 36.4 Å². The monoisotopic (exact) mass is 381 g/mol. The van der Waals surface area contributed by atoms with Crippen molar-refractivity contribution in [1.82, 2.24) is 15.5 Å². The van der Waals surface area contributed by atoms with Gasteiger partial charge in [-0.15, -0.1) is 0 Å². The van der Waals surface area contributed by atoms with Gasteiger partial charge in [0.25, 0.3) is 5.91 Å². The lowest BCUT2D eigenvalue weighted by molar-refractivity contribution is -0.0705. The molecule has 1 amide bonds. The van der Waals surface area contributed by atoms with Gasteiger partial charge in [-0.2, -0.15) is 0 Å². The van der Waals surface area contributed by atoms with E-state index < -0.39 is 0 Å². The molecule has 0 unspecified atom stereocenters. The van der Waals surface area contributed by atoms with Gasteiger partial charge in [-0.3, -0.25) is 9.69 Å². The summed E-state index contributed by atoms with van der Waals surface area (Å²) in [7, 11) is 1.65. The highest BCUT2D eigenvalue weighted by molar-refractivity contribution is 5.93. The molecule has 0 aromatic heterocycles. The number of hydrogen-bond donors (Lipinski definition) is 2. The molecular weight excluding hydrogens is 350 g/mol. The average molecular weight is 382 g/mol. The third-order valence-corrected chi connectivity index (χ3v) is 5.10. The zero-order chi connectivity index (χ0) is 19.9. The standard InChI is InChI=1S/C23H31N3O2/c1-17-14-26(15-18(2)28-17)16-22-7-5-4-6-21(22)13-25-12-19-8-10-20(11-9-19)23(27)24-3/h4-11,17-18,25H,12-16H2,1-3H3,(H,24,27)/t17-,18+. The molecular formula is C23H31N3O2. The van der Waals surface area contributed by atoms with E-state index in [-0.39, 0.29) is 18.1 Å². The van der Waals surface area contributed by atoms with Crippen molar-refractivity contribution in [1.29, 1.82) is 0 Å². The van der Waals surface area contributed by atoms with Crippen molar-refractivity contribution in [2.45, 2.75) is 45.7 Å². The first-order valence-corrected chi connectivity index (χ1v) is 10.0. The van der Waals surface area contributed by atoms with Crippen molar-refractivity contribution in [3.05, 3.63) is 70.8 Å². The van der Waals surface area contributed by atoms with E-state index in [2.05, 4.69) is 53.6 Å². The Bertz CT molecular complexity index is 766. The summed E-state index contributed by atoms with van der Waals surface area (Å²) in [5.41, 5.74) is 4.55. The second-order valence-corrected chi connectivity index (χ2v) is 7.60. The van der Waals surface area contributed by atoms with E-state index in [4.69, 9.17) is 4.74 Å². The van der Waals surface area contributed by atoms with Crippen LogP contribution in [0.15, 0.2) is 48.5 Å². The number of nitrogens with zero attached hydrogens (tertiary/aromatic N) is 1. The Kier molecular flexibility index (Phi) is 7.20. The summed E-state index contributed by atoms with van der Waals surface area (Å²) >= 11 is 0. The maximum atomic E-state index is 11.6. The van der Waals surface area contributed by atoms with E-state index in [0.29, 0.717) is 5.56 Å². The molecule has 0 spiro atoms. The highest BCUT2D eigenvalue weighted by Crippen LogP contribution is 2.17. The molecule has 5 heteroatoms. The van der Waals surface area contributed by atoms with E-state index in [9.17, 15) is 4.79 Å². The normalized spacial score (nSPS) is 20.1. The van der Waals surface area contributed by atoms with Crippen molar-refractivity contribution in [2.24, 2.45) is 0 Å². The SMILES string of the molecule is CNC(=O)c1ccc(CNCc2ccccc2CN2C[C@@H](C)O[C@@H](C)C2)cc1. The van der Waals surface area contributed by atoms with Gasteiger partial charge in [-0.05, 0) is 42.7 Å². The van der Waals surface area contributed by atoms with Crippen molar-refractivity contribution >= 4 is 5.91 Å². The first-order chi connectivity index (χ1) is 13.5. The molecule has 3 rings (SSSR count). The molecule has 1 heterocycles. The maximum absolute atomic E-state index is 11.6. The number of carbonyl (C=O) groups is 1. The number of hydrogen-bond acceptors (Lipinski definition) is 4. The predicted octanol–water partition coefficient (Wildman–Crippen LogP) is 2.95. The van der Waals surface area contributed by atoms with E-state index in [0.717, 1.165) is 32.7 Å². The van der Waals surface area contributed by atoms with Crippen LogP contribution in [0.1, 0.15) is 40.9 Å². The maximum Gasteiger partial charge on any atom is 0.251 e. The Morgan fingerprint density at radius 2 is 1.64 bits per heavy atom. The lowest BCUT2D eigenvalue weighted by Crippen LogP contribution is -2.45. The fourth-order valence-electron chi connectivity index (χ4n) is 3.80. The summed E-state index contributed by atoms with van der Waals surface area (Å²) in [5, 5.41) is 6.18. The third kappa shape index (κ3) is 5.64. The van der Waals surface area contributed by atoms with Crippen LogP contribution < -0.4 is 10.6 Å². The minimum absolute atomic E-state index is 0.0554. The third-order valence-electron chi connectivity index (χ3n) is 5.10. The van der Waals surface area contributed by atoms with Crippen molar-refractivity contribution in [3.8, 4) is 0 Å². The molecule has 0 bridgehead atoms. The van der Waals surface area contributed by atoms with Gasteiger partial charge in [0.1, 0.15) is 0 Å². The van der Waals surface area contributed by atoms with Gasteiger partial charge in [0.15, 0.2) is 0 Å². The summed E-state index contributed by atoms with van der Waals surface area (Å²) in [6.45, 7) is 8.79. The molecule has 1 aliphatic rings. The Morgan fingerprint density at radius 3 is 2.29 bits per heavy atom. The van der Waals surface area contributed by atoms with Gasteiger partial charge in [0, 0.05) is 45.3 Å². The lowest BCUT2D eigenvalue weighted by atomic mass is 10.1. The van der Waals surface area contributed by atoms with Gasteiger partial charge in [0.05, 0.1) is 12.2 Å². The number of rotatable bonds is 7. The minimum Gasteiger partial charge on any atom is -0.373 e. The fraction of sp³-hybridized carbons (Fsp3) is 0.435. The van der Waals surface area contributed by atoms with Crippen LogP contribution in [0.25, 0.3) is 0 Å². The molecule has 1 aliphatic heterocycles. The molecule has 2 N–H and O–H groups in total. The van der Waals surface area contributed by atoms with Crippen LogP contribution in [0.2, 0.25) is 0 Å². The van der Waals surface area contributed by atoms with Crippen LogP contribution in [0.3, 0.4) is 0 Å². The molecule has 150 valence electrons. The van der Waals surface area contributed by atoms with E-state index in [1.807, 2.05) is 24.3 Å². The van der Waals surface area contributed by atoms with Crippen molar-refractivity contribution in [2.75, 3.05) is 20.1 Å². The van der Waals surface area contributed by atoms with E-state index in [1.54, 1.807) is 7.05 Å². The largest absolute Gasteiger partial charge is 0.373 e. The van der Waals surface area contributed by atoms with Crippen LogP contribution >= 0.6 is 0 Å². The molecule has 0 saturated carbocycles. The van der Waals surface area contributed by atoms with Crippen molar-refractivity contribution < 1.29 is 9.53 Å². The van der Waals surface area contributed by atoms with Crippen LogP contribution in [0, 0.1) is 0 Å². The fourth-order valence-corrected chi connectivity index (χ4v) is 3.80. The Labute approximate surface area is 168 Å². The quantitative estimate of drug-likeness (QED) is 0.774. The first kappa shape index (κ1) is 20.5. The molecule has 1 fully saturated rings. The first-order valence-electron chi connectivity index (χ1n) is 10.0. The number of nitrogens with one attached hydrogen (secondary N) is 2. The van der Waals surface area contributed by atoms with Gasteiger partial charge < -0.3 is 15.4 Å². The predicted molar refractivity (Wildman–Crippen MR) is 112 cm³/mol. The molecule has 2 aromatic rings. The number of benzene rings is 2. The van der Waals surface area contributed by atoms with Gasteiger partial charge in [0.2, 0.25) is 0 Å². The van der Waals surface area contributed by atoms with Gasteiger partial charge in [-0.25, -0.2) is 0 Å². The number of morpholine rings is 1. The summed E-state index contributed by atoms with van der Waals surface area (Å²) in [6, 6.07) is 16.4. The minimum atomic E-state index is -0.0554. The second kappa shape index (κ2) is 9.82. The van der Waals surface area contributed by atoms with Crippen LogP contribution in [-0.4, -0.2) is 43.2 Å². The van der Waals surface area contributed by atoms with Crippen LogP contribution in [-0.2, 0) is 24.4 Å². The van der Waals surface area contributed by atoms with E-state index >= 15 is 0 Å². The molecule has 28 heavy (non-hydrogen) atoms. The number of carbonyl (C=O) groups excluding carboxylic acids is 1. The van der Waals surface area contributed by atoms with Crippen molar-refractivity contribution in [3.63, 3.8) is 0 Å². The average Bonchev–Trinajstić information content (AvgIpc) is 2.68. The van der Waals surface area contributed by atoms with Gasteiger partial charge >= 0.3 is 0 Å². The Morgan fingerprint density at radius 1 is 1.00 bits per heavy atom. The summed E-state index contributed by atoms with van der Waals surface area (Å²) in [4.78, 5) is 14.1. The summed E-state index contributed by atoms with van der Waals surface area (Å²) in [5.74, 6) is -0.0554. The van der Waals surface area contributed by atoms with Crippen LogP contribution in [0.4, 0.5) is 0 Å². The second-order valence-electron chi connectivity index (χ2n) is 7.60. The highest BCUT2D eigenvalue weighted by Gasteiger charge is 2.22. The molecule has 2 aromatic carbocycles. The molecule has 0 aliphatic carbocycles. The number of ether oxygens (including phenoxy) is 1. The molecule has 1 saturated heterocycles. The zero-order valence-electron chi connectivity index (χ0n) is 17.1. The zero-order valence-corrected chi connectivity index (χ0v) is 17.1. The van der Waals surface area contributed by atoms with Crippen LogP contribution in [0.5, 0.6) is 0 Å². The number of amides is 1. The molecule has 5 nitrogen and oxygen atoms in total. The molecule has 0 radical (unpaired) electrons.